The SMILES string of the molecule is CC(C)(C)OC(=O)Nc1ccc(C(C)(C)C)c(NC(O)c2c[nH]c3ccccc3c2=O)c1. The Bertz CT molecular complexity index is 1190. The second-order valence-electron chi connectivity index (χ2n) is 9.80. The normalized spacial score (nSPS) is 13.0. The number of hydrogen-bond acceptors (Lipinski definition) is 5. The maximum absolute atomic E-state index is 12.9. The van der Waals surface area contributed by atoms with Crippen LogP contribution in [0.3, 0.4) is 0 Å². The fourth-order valence-corrected chi connectivity index (χ4v) is 3.43. The zero-order valence-corrected chi connectivity index (χ0v) is 19.4. The minimum Gasteiger partial charge on any atom is -0.444 e. The molecule has 0 aliphatic carbocycles. The lowest BCUT2D eigenvalue weighted by atomic mass is 9.85. The summed E-state index contributed by atoms with van der Waals surface area (Å²) in [6.07, 6.45) is -0.304. The van der Waals surface area contributed by atoms with Crippen molar-refractivity contribution >= 4 is 28.4 Å². The number of pyridine rings is 1. The highest BCUT2D eigenvalue weighted by Gasteiger charge is 2.22. The number of fused-ring (bicyclic) bond motifs is 1. The number of aromatic amines is 1. The number of ether oxygens (including phenoxy) is 1. The van der Waals surface area contributed by atoms with Gasteiger partial charge in [0, 0.05) is 28.5 Å². The van der Waals surface area contributed by atoms with E-state index in [0.29, 0.717) is 22.3 Å². The number of hydrogen-bond donors (Lipinski definition) is 4. The number of para-hydroxylation sites is 1. The molecule has 1 unspecified atom stereocenters. The van der Waals surface area contributed by atoms with E-state index >= 15 is 0 Å². The predicted molar refractivity (Wildman–Crippen MR) is 128 cm³/mol. The molecule has 0 aliphatic rings. The lowest BCUT2D eigenvalue weighted by Gasteiger charge is -2.26. The number of carbonyl (C=O) groups excluding carboxylic acids is 1. The van der Waals surface area contributed by atoms with E-state index in [1.54, 1.807) is 45.0 Å². The quantitative estimate of drug-likeness (QED) is 0.416. The molecular formula is C25H31N3O4. The van der Waals surface area contributed by atoms with Gasteiger partial charge in [0.15, 0.2) is 11.7 Å². The molecule has 0 bridgehead atoms. The largest absolute Gasteiger partial charge is 0.444 e. The summed E-state index contributed by atoms with van der Waals surface area (Å²) in [5.41, 5.74) is 1.82. The van der Waals surface area contributed by atoms with E-state index in [2.05, 4.69) is 15.6 Å². The summed E-state index contributed by atoms with van der Waals surface area (Å²) in [6, 6.07) is 12.5. The molecule has 1 heterocycles. The van der Waals surface area contributed by atoms with Gasteiger partial charge in [-0.1, -0.05) is 39.0 Å². The molecule has 2 aromatic carbocycles. The Balaban J connectivity index is 1.94. The number of benzene rings is 2. The number of aliphatic hydroxyl groups is 1. The van der Waals surface area contributed by atoms with E-state index in [-0.39, 0.29) is 16.4 Å². The molecule has 32 heavy (non-hydrogen) atoms. The van der Waals surface area contributed by atoms with Crippen molar-refractivity contribution in [2.24, 2.45) is 0 Å². The molecule has 0 aliphatic heterocycles. The smallest absolute Gasteiger partial charge is 0.412 e. The van der Waals surface area contributed by atoms with Gasteiger partial charge in [0.25, 0.3) is 0 Å². The lowest BCUT2D eigenvalue weighted by molar-refractivity contribution is 0.0636. The molecule has 170 valence electrons. The Morgan fingerprint density at radius 1 is 1.06 bits per heavy atom. The first-order chi connectivity index (χ1) is 14.8. The maximum Gasteiger partial charge on any atom is 0.412 e. The van der Waals surface area contributed by atoms with Crippen molar-refractivity contribution in [2.75, 3.05) is 10.6 Å². The molecule has 0 radical (unpaired) electrons. The minimum atomic E-state index is -1.25. The van der Waals surface area contributed by atoms with Gasteiger partial charge in [0.2, 0.25) is 0 Å². The first-order valence-electron chi connectivity index (χ1n) is 10.5. The minimum absolute atomic E-state index is 0.203. The van der Waals surface area contributed by atoms with E-state index in [0.717, 1.165) is 5.56 Å². The van der Waals surface area contributed by atoms with Crippen LogP contribution in [-0.4, -0.2) is 21.8 Å². The van der Waals surface area contributed by atoms with Crippen LogP contribution in [0.5, 0.6) is 0 Å². The molecule has 7 nitrogen and oxygen atoms in total. The summed E-state index contributed by atoms with van der Waals surface area (Å²) in [5, 5.41) is 17.1. The predicted octanol–water partition coefficient (Wildman–Crippen LogP) is 5.28. The van der Waals surface area contributed by atoms with Gasteiger partial charge in [-0.2, -0.15) is 0 Å². The zero-order chi connectivity index (χ0) is 23.7. The van der Waals surface area contributed by atoms with Crippen LogP contribution in [0.15, 0.2) is 53.5 Å². The van der Waals surface area contributed by atoms with Crippen LogP contribution < -0.4 is 16.1 Å². The van der Waals surface area contributed by atoms with Crippen LogP contribution in [0.4, 0.5) is 16.2 Å². The summed E-state index contributed by atoms with van der Waals surface area (Å²) in [7, 11) is 0. The molecule has 0 saturated heterocycles. The van der Waals surface area contributed by atoms with Crippen molar-refractivity contribution in [3.05, 3.63) is 70.0 Å². The molecular weight excluding hydrogens is 406 g/mol. The highest BCUT2D eigenvalue weighted by molar-refractivity contribution is 5.86. The third-order valence-corrected chi connectivity index (χ3v) is 4.88. The Morgan fingerprint density at radius 2 is 1.75 bits per heavy atom. The number of rotatable bonds is 4. The van der Waals surface area contributed by atoms with Crippen LogP contribution in [0.2, 0.25) is 0 Å². The van der Waals surface area contributed by atoms with Gasteiger partial charge in [-0.05, 0) is 56.0 Å². The maximum atomic E-state index is 12.9. The van der Waals surface area contributed by atoms with Crippen molar-refractivity contribution in [1.82, 2.24) is 4.98 Å². The second-order valence-corrected chi connectivity index (χ2v) is 9.80. The third-order valence-electron chi connectivity index (χ3n) is 4.88. The van der Waals surface area contributed by atoms with Crippen molar-refractivity contribution in [2.45, 2.75) is 58.8 Å². The summed E-state index contributed by atoms with van der Waals surface area (Å²) in [6.45, 7) is 11.5. The first-order valence-corrected chi connectivity index (χ1v) is 10.5. The van der Waals surface area contributed by atoms with Crippen molar-refractivity contribution in [3.63, 3.8) is 0 Å². The molecule has 1 aromatic heterocycles. The molecule has 3 rings (SSSR count). The standard InChI is InChI=1S/C25H31N3O4/c1-24(2,3)18-12-11-15(27-23(31)32-25(4,5)6)13-20(18)28-22(30)17-14-26-19-10-8-7-9-16(19)21(17)29/h7-14,22,28,30H,1-6H3,(H,26,29)(H,27,31). The summed E-state index contributed by atoms with van der Waals surface area (Å²) in [5.74, 6) is 0. The van der Waals surface area contributed by atoms with E-state index in [4.69, 9.17) is 4.74 Å². The van der Waals surface area contributed by atoms with Crippen LogP contribution in [0.1, 0.15) is 58.9 Å². The fourth-order valence-electron chi connectivity index (χ4n) is 3.43. The van der Waals surface area contributed by atoms with Gasteiger partial charge in [-0.15, -0.1) is 0 Å². The molecule has 4 N–H and O–H groups in total. The second kappa shape index (κ2) is 8.67. The number of amides is 1. The van der Waals surface area contributed by atoms with Crippen LogP contribution in [-0.2, 0) is 10.2 Å². The highest BCUT2D eigenvalue weighted by Crippen LogP contribution is 2.33. The Kier molecular flexibility index (Phi) is 6.32. The number of nitrogens with one attached hydrogen (secondary N) is 3. The van der Waals surface area contributed by atoms with Gasteiger partial charge in [0.05, 0.1) is 5.56 Å². The van der Waals surface area contributed by atoms with Crippen molar-refractivity contribution < 1.29 is 14.6 Å². The Morgan fingerprint density at radius 3 is 2.41 bits per heavy atom. The van der Waals surface area contributed by atoms with Crippen LogP contribution >= 0.6 is 0 Å². The summed E-state index contributed by atoms with van der Waals surface area (Å²) < 4.78 is 5.32. The summed E-state index contributed by atoms with van der Waals surface area (Å²) in [4.78, 5) is 28.1. The highest BCUT2D eigenvalue weighted by atomic mass is 16.6. The van der Waals surface area contributed by atoms with Gasteiger partial charge in [-0.25, -0.2) is 4.79 Å². The Labute approximate surface area is 187 Å². The molecule has 0 fully saturated rings. The van der Waals surface area contributed by atoms with Crippen molar-refractivity contribution in [3.8, 4) is 0 Å². The van der Waals surface area contributed by atoms with Gasteiger partial charge < -0.3 is 20.1 Å². The lowest BCUT2D eigenvalue weighted by Crippen LogP contribution is -2.27. The molecule has 7 heteroatoms. The molecule has 3 aromatic rings. The summed E-state index contributed by atoms with van der Waals surface area (Å²) >= 11 is 0. The van der Waals surface area contributed by atoms with Gasteiger partial charge in [-0.3, -0.25) is 10.1 Å². The number of aromatic nitrogens is 1. The molecule has 0 spiro atoms. The average molecular weight is 438 g/mol. The van der Waals surface area contributed by atoms with Crippen molar-refractivity contribution in [1.29, 1.82) is 0 Å². The molecule has 1 atom stereocenters. The Hall–Kier alpha value is -3.32. The fraction of sp³-hybridized carbons (Fsp3) is 0.360. The topological polar surface area (TPSA) is 103 Å². The number of H-pyrrole nitrogens is 1. The molecule has 0 saturated carbocycles. The molecule has 1 amide bonds. The number of anilines is 2. The first kappa shape index (κ1) is 23.3. The number of carbonyl (C=O) groups is 1. The van der Waals surface area contributed by atoms with Crippen LogP contribution in [0, 0.1) is 0 Å². The van der Waals surface area contributed by atoms with E-state index in [1.165, 1.54) is 6.20 Å². The van der Waals surface area contributed by atoms with Gasteiger partial charge in [0.1, 0.15) is 5.60 Å². The van der Waals surface area contributed by atoms with Gasteiger partial charge >= 0.3 is 6.09 Å². The van der Waals surface area contributed by atoms with E-state index in [1.807, 2.05) is 39.0 Å². The zero-order valence-electron chi connectivity index (χ0n) is 19.4. The van der Waals surface area contributed by atoms with Crippen LogP contribution in [0.25, 0.3) is 10.9 Å². The number of aliphatic hydroxyl groups excluding tert-OH is 1. The van der Waals surface area contributed by atoms with E-state index in [9.17, 15) is 14.7 Å². The third kappa shape index (κ3) is 5.48. The monoisotopic (exact) mass is 437 g/mol. The van der Waals surface area contributed by atoms with E-state index < -0.39 is 17.9 Å². The average Bonchev–Trinajstić information content (AvgIpc) is 2.66.